The first kappa shape index (κ1) is 13.0. The van der Waals surface area contributed by atoms with E-state index in [1.807, 2.05) is 0 Å². The molecular weight excluding hydrogens is 184 g/mol. The highest BCUT2D eigenvalue weighted by atomic mass is 15.1. The van der Waals surface area contributed by atoms with E-state index in [-0.39, 0.29) is 0 Å². The van der Waals surface area contributed by atoms with Crippen molar-refractivity contribution in [2.45, 2.75) is 65.0 Å². The van der Waals surface area contributed by atoms with Crippen LogP contribution in [0.2, 0.25) is 0 Å². The molecule has 0 bridgehead atoms. The van der Waals surface area contributed by atoms with Crippen LogP contribution in [-0.2, 0) is 0 Å². The molecule has 0 aromatic heterocycles. The van der Waals surface area contributed by atoms with Gasteiger partial charge in [0.05, 0.1) is 0 Å². The maximum Gasteiger partial charge on any atom is 0.00419 e. The minimum atomic E-state index is 0.472. The second kappa shape index (κ2) is 6.49. The minimum Gasteiger partial charge on any atom is -0.328 e. The Kier molecular flexibility index (Phi) is 5.62. The topological polar surface area (TPSA) is 29.3 Å². The molecule has 0 aromatic rings. The van der Waals surface area contributed by atoms with E-state index in [1.165, 1.54) is 45.2 Å². The van der Waals surface area contributed by atoms with Crippen molar-refractivity contribution in [3.8, 4) is 0 Å². The molecule has 90 valence electrons. The first-order chi connectivity index (χ1) is 7.13. The molecule has 0 aromatic carbocycles. The van der Waals surface area contributed by atoms with E-state index in [1.54, 1.807) is 0 Å². The van der Waals surface area contributed by atoms with Gasteiger partial charge in [0.1, 0.15) is 0 Å². The van der Waals surface area contributed by atoms with Gasteiger partial charge >= 0.3 is 0 Å². The number of nitrogens with zero attached hydrogens (tertiary/aromatic N) is 1. The molecule has 2 nitrogen and oxygen atoms in total. The summed E-state index contributed by atoms with van der Waals surface area (Å²) in [4.78, 5) is 2.61. The van der Waals surface area contributed by atoms with Gasteiger partial charge in [-0.1, -0.05) is 13.3 Å². The number of rotatable bonds is 5. The Bertz CT molecular complexity index is 168. The highest BCUT2D eigenvalue weighted by molar-refractivity contribution is 4.78. The van der Waals surface area contributed by atoms with Gasteiger partial charge in [0.15, 0.2) is 0 Å². The third-order valence-electron chi connectivity index (χ3n) is 3.56. The van der Waals surface area contributed by atoms with Gasteiger partial charge in [-0.05, 0) is 52.0 Å². The smallest absolute Gasteiger partial charge is 0.00419 e. The largest absolute Gasteiger partial charge is 0.328 e. The summed E-state index contributed by atoms with van der Waals surface area (Å²) < 4.78 is 0. The molecule has 1 aliphatic rings. The fourth-order valence-electron chi connectivity index (χ4n) is 2.68. The van der Waals surface area contributed by atoms with Crippen LogP contribution in [0.25, 0.3) is 0 Å². The lowest BCUT2D eigenvalue weighted by molar-refractivity contribution is 0.160. The van der Waals surface area contributed by atoms with Crippen LogP contribution >= 0.6 is 0 Å². The summed E-state index contributed by atoms with van der Waals surface area (Å²) in [6, 6.07) is 1.16. The summed E-state index contributed by atoms with van der Waals surface area (Å²) in [6.07, 6.45) is 6.47. The van der Waals surface area contributed by atoms with Crippen molar-refractivity contribution in [1.29, 1.82) is 0 Å². The highest BCUT2D eigenvalue weighted by Gasteiger charge is 2.22. The maximum atomic E-state index is 6.03. The van der Waals surface area contributed by atoms with Crippen LogP contribution in [-0.4, -0.2) is 30.1 Å². The second-order valence-corrected chi connectivity index (χ2v) is 5.38. The number of hydrogen-bond acceptors (Lipinski definition) is 2. The third-order valence-corrected chi connectivity index (χ3v) is 3.56. The van der Waals surface area contributed by atoms with E-state index in [2.05, 4.69) is 25.7 Å². The fraction of sp³-hybridized carbons (Fsp3) is 1.00. The summed E-state index contributed by atoms with van der Waals surface area (Å²) in [6.45, 7) is 9.38. The SMILES string of the molecule is CCCN(CC1CCCC(N)C1)C(C)C. The summed E-state index contributed by atoms with van der Waals surface area (Å²) >= 11 is 0. The van der Waals surface area contributed by atoms with Gasteiger partial charge < -0.3 is 10.6 Å². The first-order valence-electron chi connectivity index (χ1n) is 6.63. The van der Waals surface area contributed by atoms with Crippen molar-refractivity contribution >= 4 is 0 Å². The van der Waals surface area contributed by atoms with E-state index in [0.29, 0.717) is 12.1 Å². The third kappa shape index (κ3) is 4.52. The zero-order valence-electron chi connectivity index (χ0n) is 10.7. The Morgan fingerprint density at radius 2 is 2.07 bits per heavy atom. The van der Waals surface area contributed by atoms with Gasteiger partial charge in [0.2, 0.25) is 0 Å². The summed E-state index contributed by atoms with van der Waals surface area (Å²) in [5, 5.41) is 0. The molecule has 1 fully saturated rings. The molecule has 0 saturated heterocycles. The molecule has 2 unspecified atom stereocenters. The molecule has 0 spiro atoms. The van der Waals surface area contributed by atoms with E-state index in [4.69, 9.17) is 5.73 Å². The van der Waals surface area contributed by atoms with Crippen LogP contribution in [0.1, 0.15) is 52.9 Å². The molecule has 1 aliphatic carbocycles. The van der Waals surface area contributed by atoms with Crippen molar-refractivity contribution < 1.29 is 0 Å². The molecule has 0 amide bonds. The highest BCUT2D eigenvalue weighted by Crippen LogP contribution is 2.24. The van der Waals surface area contributed by atoms with E-state index in [0.717, 1.165) is 5.92 Å². The van der Waals surface area contributed by atoms with Crippen molar-refractivity contribution in [3.63, 3.8) is 0 Å². The molecule has 2 atom stereocenters. The van der Waals surface area contributed by atoms with Gasteiger partial charge in [-0.2, -0.15) is 0 Å². The van der Waals surface area contributed by atoms with E-state index >= 15 is 0 Å². The fourth-order valence-corrected chi connectivity index (χ4v) is 2.68. The molecule has 1 rings (SSSR count). The van der Waals surface area contributed by atoms with Crippen LogP contribution in [0.3, 0.4) is 0 Å². The average Bonchev–Trinajstić information content (AvgIpc) is 2.17. The monoisotopic (exact) mass is 212 g/mol. The number of nitrogens with two attached hydrogens (primary N) is 1. The first-order valence-corrected chi connectivity index (χ1v) is 6.63. The maximum absolute atomic E-state index is 6.03. The standard InChI is InChI=1S/C13H28N2/c1-4-8-15(11(2)3)10-12-6-5-7-13(14)9-12/h11-13H,4-10,14H2,1-3H3. The molecule has 0 aliphatic heterocycles. The molecule has 1 saturated carbocycles. The van der Waals surface area contributed by atoms with E-state index < -0.39 is 0 Å². The molecule has 0 radical (unpaired) electrons. The van der Waals surface area contributed by atoms with Crippen LogP contribution in [0, 0.1) is 5.92 Å². The Balaban J connectivity index is 2.35. The number of hydrogen-bond donors (Lipinski definition) is 1. The average molecular weight is 212 g/mol. The van der Waals surface area contributed by atoms with Gasteiger partial charge in [-0.3, -0.25) is 0 Å². The van der Waals surface area contributed by atoms with Gasteiger partial charge in [0.25, 0.3) is 0 Å². The lowest BCUT2D eigenvalue weighted by Gasteiger charge is -2.34. The van der Waals surface area contributed by atoms with Gasteiger partial charge in [-0.15, -0.1) is 0 Å². The summed E-state index contributed by atoms with van der Waals surface area (Å²) in [5.41, 5.74) is 6.03. The Labute approximate surface area is 95.2 Å². The normalized spacial score (nSPS) is 27.6. The van der Waals surface area contributed by atoms with Gasteiger partial charge in [0, 0.05) is 18.6 Å². The molecule has 15 heavy (non-hydrogen) atoms. The molecule has 0 heterocycles. The molecular formula is C13H28N2. The Hall–Kier alpha value is -0.0800. The lowest BCUT2D eigenvalue weighted by atomic mass is 9.85. The van der Waals surface area contributed by atoms with Crippen molar-refractivity contribution in [2.75, 3.05) is 13.1 Å². The van der Waals surface area contributed by atoms with Crippen molar-refractivity contribution in [2.24, 2.45) is 11.7 Å². The predicted octanol–water partition coefficient (Wildman–Crippen LogP) is 2.62. The Morgan fingerprint density at radius 1 is 1.33 bits per heavy atom. The summed E-state index contributed by atoms with van der Waals surface area (Å²) in [7, 11) is 0. The van der Waals surface area contributed by atoms with Crippen molar-refractivity contribution in [3.05, 3.63) is 0 Å². The second-order valence-electron chi connectivity index (χ2n) is 5.38. The zero-order chi connectivity index (χ0) is 11.3. The van der Waals surface area contributed by atoms with E-state index in [9.17, 15) is 0 Å². The van der Waals surface area contributed by atoms with Crippen LogP contribution in [0.5, 0.6) is 0 Å². The van der Waals surface area contributed by atoms with Crippen LogP contribution in [0.4, 0.5) is 0 Å². The Morgan fingerprint density at radius 3 is 2.60 bits per heavy atom. The quantitative estimate of drug-likeness (QED) is 0.759. The minimum absolute atomic E-state index is 0.472. The predicted molar refractivity (Wildman–Crippen MR) is 66.9 cm³/mol. The lowest BCUT2D eigenvalue weighted by Crippen LogP contribution is -2.39. The van der Waals surface area contributed by atoms with Crippen LogP contribution < -0.4 is 5.73 Å². The molecule has 2 N–H and O–H groups in total. The zero-order valence-corrected chi connectivity index (χ0v) is 10.7. The molecule has 2 heteroatoms. The summed E-state index contributed by atoms with van der Waals surface area (Å²) in [5.74, 6) is 0.850. The van der Waals surface area contributed by atoms with Crippen LogP contribution in [0.15, 0.2) is 0 Å². The van der Waals surface area contributed by atoms with Gasteiger partial charge in [-0.25, -0.2) is 0 Å². The van der Waals surface area contributed by atoms with Crippen molar-refractivity contribution in [1.82, 2.24) is 4.90 Å².